The number of hydrogen-bond acceptors (Lipinski definition) is 3. The standard InChI is InChI=1S/C11H11N3O/c15-8-4-5-10-9-12-14(13-10)11-6-2-1-3-7-11/h1-7,9,15H,8H2. The van der Waals surface area contributed by atoms with E-state index in [2.05, 4.69) is 10.2 Å². The highest BCUT2D eigenvalue weighted by Crippen LogP contribution is 2.04. The van der Waals surface area contributed by atoms with Crippen LogP contribution in [0.5, 0.6) is 0 Å². The molecule has 1 aromatic carbocycles. The van der Waals surface area contributed by atoms with Gasteiger partial charge in [-0.1, -0.05) is 24.3 Å². The van der Waals surface area contributed by atoms with Crippen molar-refractivity contribution in [1.29, 1.82) is 0 Å². The summed E-state index contributed by atoms with van der Waals surface area (Å²) in [6.07, 6.45) is 5.00. The van der Waals surface area contributed by atoms with E-state index in [0.717, 1.165) is 11.4 Å². The molecule has 4 nitrogen and oxygen atoms in total. The minimum atomic E-state index is 0.0121. The molecule has 0 aliphatic carbocycles. The zero-order valence-corrected chi connectivity index (χ0v) is 8.11. The molecule has 0 fully saturated rings. The highest BCUT2D eigenvalue weighted by atomic mass is 16.2. The highest BCUT2D eigenvalue weighted by molar-refractivity contribution is 5.43. The molecule has 0 amide bonds. The van der Waals surface area contributed by atoms with Crippen LogP contribution in [0.3, 0.4) is 0 Å². The lowest BCUT2D eigenvalue weighted by molar-refractivity contribution is 0.343. The topological polar surface area (TPSA) is 50.9 Å². The Morgan fingerprint density at radius 1 is 1.27 bits per heavy atom. The van der Waals surface area contributed by atoms with Gasteiger partial charge in [-0.2, -0.15) is 9.90 Å². The van der Waals surface area contributed by atoms with Crippen molar-refractivity contribution in [3.63, 3.8) is 0 Å². The van der Waals surface area contributed by atoms with Crippen molar-refractivity contribution >= 4 is 6.08 Å². The maximum Gasteiger partial charge on any atom is 0.106 e. The molecule has 0 radical (unpaired) electrons. The SMILES string of the molecule is OCC=Cc1cnn(-c2ccccc2)n1. The third kappa shape index (κ3) is 2.30. The predicted octanol–water partition coefficient (Wildman–Crippen LogP) is 1.27. The van der Waals surface area contributed by atoms with Gasteiger partial charge in [0.15, 0.2) is 0 Å². The molecule has 2 aromatic rings. The molecule has 0 atom stereocenters. The van der Waals surface area contributed by atoms with Gasteiger partial charge in [-0.25, -0.2) is 0 Å². The molecule has 0 bridgehead atoms. The first-order chi connectivity index (χ1) is 7.40. The van der Waals surface area contributed by atoms with Gasteiger partial charge >= 0.3 is 0 Å². The molecule has 0 saturated heterocycles. The van der Waals surface area contributed by atoms with Gasteiger partial charge in [0.1, 0.15) is 5.69 Å². The molecule has 0 spiro atoms. The van der Waals surface area contributed by atoms with Crippen LogP contribution in [0.25, 0.3) is 11.8 Å². The molecular weight excluding hydrogens is 190 g/mol. The lowest BCUT2D eigenvalue weighted by Crippen LogP contribution is -1.97. The van der Waals surface area contributed by atoms with E-state index in [1.807, 2.05) is 30.3 Å². The number of nitrogens with zero attached hydrogens (tertiary/aromatic N) is 3. The highest BCUT2D eigenvalue weighted by Gasteiger charge is 1.98. The van der Waals surface area contributed by atoms with Gasteiger partial charge in [-0.15, -0.1) is 5.10 Å². The number of aromatic nitrogens is 3. The fourth-order valence-corrected chi connectivity index (χ4v) is 1.21. The van der Waals surface area contributed by atoms with Gasteiger partial charge in [0, 0.05) is 0 Å². The van der Waals surface area contributed by atoms with Crippen LogP contribution in [-0.4, -0.2) is 26.7 Å². The maximum absolute atomic E-state index is 8.61. The van der Waals surface area contributed by atoms with Gasteiger partial charge in [0.2, 0.25) is 0 Å². The second-order valence-electron chi connectivity index (χ2n) is 2.98. The minimum absolute atomic E-state index is 0.0121. The van der Waals surface area contributed by atoms with Gasteiger partial charge in [0.25, 0.3) is 0 Å². The van der Waals surface area contributed by atoms with Crippen molar-refractivity contribution in [1.82, 2.24) is 15.0 Å². The summed E-state index contributed by atoms with van der Waals surface area (Å²) in [7, 11) is 0. The zero-order chi connectivity index (χ0) is 10.5. The largest absolute Gasteiger partial charge is 0.392 e. The van der Waals surface area contributed by atoms with E-state index in [-0.39, 0.29) is 6.61 Å². The van der Waals surface area contributed by atoms with Gasteiger partial charge in [-0.3, -0.25) is 0 Å². The Balaban J connectivity index is 2.24. The molecular formula is C11H11N3O. The number of rotatable bonds is 3. The molecule has 76 valence electrons. The molecule has 4 heteroatoms. The number of hydrogen-bond donors (Lipinski definition) is 1. The van der Waals surface area contributed by atoms with Gasteiger partial charge < -0.3 is 5.11 Å². The fourth-order valence-electron chi connectivity index (χ4n) is 1.21. The molecule has 1 aromatic heterocycles. The Morgan fingerprint density at radius 3 is 2.80 bits per heavy atom. The van der Waals surface area contributed by atoms with Crippen LogP contribution >= 0.6 is 0 Å². The zero-order valence-electron chi connectivity index (χ0n) is 8.11. The van der Waals surface area contributed by atoms with E-state index in [9.17, 15) is 0 Å². The molecule has 1 heterocycles. The first-order valence-corrected chi connectivity index (χ1v) is 4.65. The number of para-hydroxylation sites is 1. The van der Waals surface area contributed by atoms with Crippen molar-refractivity contribution in [3.8, 4) is 5.69 Å². The summed E-state index contributed by atoms with van der Waals surface area (Å²) in [5.41, 5.74) is 1.65. The Kier molecular flexibility index (Phi) is 2.90. The van der Waals surface area contributed by atoms with E-state index < -0.39 is 0 Å². The summed E-state index contributed by atoms with van der Waals surface area (Å²) in [4.78, 5) is 1.55. The first kappa shape index (κ1) is 9.61. The van der Waals surface area contributed by atoms with Crippen LogP contribution in [-0.2, 0) is 0 Å². The molecule has 0 saturated carbocycles. The fraction of sp³-hybridized carbons (Fsp3) is 0.0909. The summed E-state index contributed by atoms with van der Waals surface area (Å²) >= 11 is 0. The lowest BCUT2D eigenvalue weighted by atomic mass is 10.3. The number of aliphatic hydroxyl groups is 1. The van der Waals surface area contributed by atoms with Crippen molar-refractivity contribution in [2.24, 2.45) is 0 Å². The van der Waals surface area contributed by atoms with Crippen LogP contribution in [0.2, 0.25) is 0 Å². The molecule has 15 heavy (non-hydrogen) atoms. The summed E-state index contributed by atoms with van der Waals surface area (Å²) in [6.45, 7) is 0.0121. The van der Waals surface area contributed by atoms with Crippen LogP contribution in [0.1, 0.15) is 5.69 Å². The van der Waals surface area contributed by atoms with Crippen LogP contribution in [0.4, 0.5) is 0 Å². The van der Waals surface area contributed by atoms with Crippen molar-refractivity contribution < 1.29 is 5.11 Å². The predicted molar refractivity (Wildman–Crippen MR) is 57.5 cm³/mol. The third-order valence-corrected chi connectivity index (χ3v) is 1.89. The molecule has 1 N–H and O–H groups in total. The maximum atomic E-state index is 8.61. The van der Waals surface area contributed by atoms with Crippen molar-refractivity contribution in [2.45, 2.75) is 0 Å². The average Bonchev–Trinajstić information content (AvgIpc) is 2.76. The second kappa shape index (κ2) is 4.52. The van der Waals surface area contributed by atoms with E-state index >= 15 is 0 Å². The number of benzene rings is 1. The molecule has 2 rings (SSSR count). The Labute approximate surface area is 87.5 Å². The lowest BCUT2D eigenvalue weighted by Gasteiger charge is -1.96. The molecule has 0 aliphatic rings. The second-order valence-corrected chi connectivity index (χ2v) is 2.98. The van der Waals surface area contributed by atoms with E-state index in [4.69, 9.17) is 5.11 Å². The molecule has 0 aliphatic heterocycles. The van der Waals surface area contributed by atoms with Crippen molar-refractivity contribution in [2.75, 3.05) is 6.61 Å². The van der Waals surface area contributed by atoms with E-state index in [1.54, 1.807) is 23.1 Å². The van der Waals surface area contributed by atoms with E-state index in [0.29, 0.717) is 0 Å². The Bertz CT molecular complexity index is 448. The van der Waals surface area contributed by atoms with Crippen LogP contribution in [0.15, 0.2) is 42.6 Å². The van der Waals surface area contributed by atoms with Gasteiger partial charge in [0.05, 0.1) is 18.5 Å². The summed E-state index contributed by atoms with van der Waals surface area (Å²) in [5, 5.41) is 16.9. The minimum Gasteiger partial charge on any atom is -0.392 e. The number of aliphatic hydroxyl groups excluding tert-OH is 1. The summed E-state index contributed by atoms with van der Waals surface area (Å²) < 4.78 is 0. The Morgan fingerprint density at radius 2 is 2.07 bits per heavy atom. The monoisotopic (exact) mass is 201 g/mol. The van der Waals surface area contributed by atoms with Crippen LogP contribution < -0.4 is 0 Å². The summed E-state index contributed by atoms with van der Waals surface area (Å²) in [6, 6.07) is 9.67. The van der Waals surface area contributed by atoms with E-state index in [1.165, 1.54) is 0 Å². The first-order valence-electron chi connectivity index (χ1n) is 4.65. The molecule has 0 unspecified atom stereocenters. The normalized spacial score (nSPS) is 11.0. The van der Waals surface area contributed by atoms with Crippen LogP contribution in [0, 0.1) is 0 Å². The average molecular weight is 201 g/mol. The van der Waals surface area contributed by atoms with Gasteiger partial charge in [-0.05, 0) is 18.2 Å². The van der Waals surface area contributed by atoms with Crippen molar-refractivity contribution in [3.05, 3.63) is 48.3 Å². The quantitative estimate of drug-likeness (QED) is 0.813. The Hall–Kier alpha value is -1.94. The smallest absolute Gasteiger partial charge is 0.106 e. The summed E-state index contributed by atoms with van der Waals surface area (Å²) in [5.74, 6) is 0. The third-order valence-electron chi connectivity index (χ3n) is 1.89.